The van der Waals surface area contributed by atoms with Crippen LogP contribution in [0, 0.1) is 16.4 Å². The number of aliphatic imine (C=N–C) groups is 1. The highest BCUT2D eigenvalue weighted by molar-refractivity contribution is 14.1. The van der Waals surface area contributed by atoms with Crippen molar-refractivity contribution in [3.63, 3.8) is 0 Å². The van der Waals surface area contributed by atoms with Crippen LogP contribution in [-0.4, -0.2) is 12.8 Å². The number of halogens is 3. The molecule has 1 aliphatic carbocycles. The zero-order valence-electron chi connectivity index (χ0n) is 23.4. The number of nitrogens with one attached hydrogen (secondary N) is 1. The van der Waals surface area contributed by atoms with Crippen molar-refractivity contribution in [1.29, 1.82) is 0 Å². The van der Waals surface area contributed by atoms with Crippen LogP contribution < -0.4 is 14.8 Å². The van der Waals surface area contributed by atoms with Crippen LogP contribution in [0.25, 0.3) is 0 Å². The van der Waals surface area contributed by atoms with Gasteiger partial charge in [-0.05, 0) is 108 Å². The molecule has 42 heavy (non-hydrogen) atoms. The number of benzene rings is 4. The van der Waals surface area contributed by atoms with Crippen LogP contribution in [0.15, 0.2) is 89.9 Å². The Bertz CT molecular complexity index is 1670. The molecule has 4 aromatic carbocycles. The standard InChI is InChI=1S/C35H31Cl2IN2O2/c1-3-41-33-17-22(16-31(38)35(33)42-20-24-8-11-25(36)18-30(24)37)19-39-26-12-9-23(10-13-26)34-28-6-4-5-27(28)29-15-21(2)7-14-32(29)40-34/h4-5,7-19,27-28,34,40H,3,6,20H2,1-2H3/t27-,28+,34-/m0/s1. The number of aryl methyl sites for hydroxylation is 1. The fourth-order valence-corrected chi connectivity index (χ4v) is 7.06. The summed E-state index contributed by atoms with van der Waals surface area (Å²) in [6, 6.07) is 25.0. The maximum atomic E-state index is 6.34. The Morgan fingerprint density at radius 2 is 1.83 bits per heavy atom. The van der Waals surface area contributed by atoms with Gasteiger partial charge >= 0.3 is 0 Å². The van der Waals surface area contributed by atoms with Crippen molar-refractivity contribution >= 4 is 63.4 Å². The summed E-state index contributed by atoms with van der Waals surface area (Å²) in [4.78, 5) is 4.77. The second-order valence-corrected chi connectivity index (χ2v) is 12.7. The Balaban J connectivity index is 1.18. The van der Waals surface area contributed by atoms with Crippen molar-refractivity contribution in [1.82, 2.24) is 0 Å². The Morgan fingerprint density at radius 1 is 1.00 bits per heavy atom. The van der Waals surface area contributed by atoms with Gasteiger partial charge in [0.05, 0.1) is 21.9 Å². The minimum atomic E-state index is 0.267. The van der Waals surface area contributed by atoms with Gasteiger partial charge in [0.25, 0.3) is 0 Å². The van der Waals surface area contributed by atoms with E-state index in [2.05, 4.69) is 89.4 Å². The van der Waals surface area contributed by atoms with E-state index >= 15 is 0 Å². The molecule has 214 valence electrons. The molecule has 0 amide bonds. The van der Waals surface area contributed by atoms with E-state index in [0.717, 1.165) is 26.8 Å². The quantitative estimate of drug-likeness (QED) is 0.113. The molecular weight excluding hydrogens is 678 g/mol. The van der Waals surface area contributed by atoms with E-state index in [1.807, 2.05) is 31.3 Å². The first-order valence-corrected chi connectivity index (χ1v) is 15.9. The molecule has 0 bridgehead atoms. The zero-order valence-corrected chi connectivity index (χ0v) is 27.1. The minimum absolute atomic E-state index is 0.267. The largest absolute Gasteiger partial charge is 0.490 e. The van der Waals surface area contributed by atoms with Crippen molar-refractivity contribution in [3.05, 3.63) is 126 Å². The predicted molar refractivity (Wildman–Crippen MR) is 182 cm³/mol. The van der Waals surface area contributed by atoms with Gasteiger partial charge in [0.1, 0.15) is 6.61 Å². The summed E-state index contributed by atoms with van der Waals surface area (Å²) in [5.41, 5.74) is 7.94. The van der Waals surface area contributed by atoms with Gasteiger partial charge in [-0.2, -0.15) is 0 Å². The third kappa shape index (κ3) is 6.19. The molecule has 2 aliphatic rings. The third-order valence-corrected chi connectivity index (χ3v) is 9.24. The number of nitrogens with zero attached hydrogens (tertiary/aromatic N) is 1. The molecule has 1 N–H and O–H groups in total. The highest BCUT2D eigenvalue weighted by atomic mass is 127. The van der Waals surface area contributed by atoms with Gasteiger partial charge in [0.15, 0.2) is 11.5 Å². The molecule has 4 aromatic rings. The lowest BCUT2D eigenvalue weighted by molar-refractivity contribution is 0.267. The number of rotatable bonds is 8. The topological polar surface area (TPSA) is 42.8 Å². The summed E-state index contributed by atoms with van der Waals surface area (Å²) in [6.45, 7) is 4.95. The lowest BCUT2D eigenvalue weighted by atomic mass is 9.76. The van der Waals surface area contributed by atoms with Crippen LogP contribution in [0.1, 0.15) is 53.1 Å². The Morgan fingerprint density at radius 3 is 2.62 bits per heavy atom. The number of ether oxygens (including phenoxy) is 2. The van der Waals surface area contributed by atoms with Gasteiger partial charge in [-0.1, -0.05) is 71.2 Å². The Kier molecular flexibility index (Phi) is 8.80. The molecule has 0 saturated heterocycles. The highest BCUT2D eigenvalue weighted by Gasteiger charge is 2.37. The maximum absolute atomic E-state index is 6.34. The summed E-state index contributed by atoms with van der Waals surface area (Å²) in [5, 5.41) is 5.00. The number of allylic oxidation sites excluding steroid dienone is 2. The second kappa shape index (κ2) is 12.7. The molecule has 0 radical (unpaired) electrons. The average molecular weight is 709 g/mol. The molecule has 4 nitrogen and oxygen atoms in total. The summed E-state index contributed by atoms with van der Waals surface area (Å²) in [6.07, 6.45) is 7.67. The minimum Gasteiger partial charge on any atom is -0.490 e. The molecule has 1 aliphatic heterocycles. The van der Waals surface area contributed by atoms with Crippen LogP contribution in [0.4, 0.5) is 11.4 Å². The van der Waals surface area contributed by atoms with Gasteiger partial charge in [-0.3, -0.25) is 4.99 Å². The van der Waals surface area contributed by atoms with Crippen molar-refractivity contribution in [2.75, 3.05) is 11.9 Å². The van der Waals surface area contributed by atoms with Gasteiger partial charge in [-0.15, -0.1) is 0 Å². The first kappa shape index (κ1) is 29.1. The van der Waals surface area contributed by atoms with Crippen LogP contribution in [-0.2, 0) is 6.61 Å². The van der Waals surface area contributed by atoms with Crippen molar-refractivity contribution in [3.8, 4) is 11.5 Å². The van der Waals surface area contributed by atoms with Crippen LogP contribution in [0.3, 0.4) is 0 Å². The van der Waals surface area contributed by atoms with Crippen LogP contribution >= 0.6 is 45.8 Å². The molecule has 0 spiro atoms. The summed E-state index contributed by atoms with van der Waals surface area (Å²) in [7, 11) is 0. The normalized spacial score (nSPS) is 18.9. The summed E-state index contributed by atoms with van der Waals surface area (Å²) < 4.78 is 13.0. The van der Waals surface area contributed by atoms with E-state index < -0.39 is 0 Å². The van der Waals surface area contributed by atoms with E-state index in [1.54, 1.807) is 12.1 Å². The molecule has 0 saturated carbocycles. The van der Waals surface area contributed by atoms with Crippen molar-refractivity contribution in [2.45, 2.75) is 38.8 Å². The predicted octanol–water partition coefficient (Wildman–Crippen LogP) is 10.5. The maximum Gasteiger partial charge on any atom is 0.175 e. The molecule has 7 heteroatoms. The number of fused-ring (bicyclic) bond motifs is 3. The van der Waals surface area contributed by atoms with E-state index in [4.69, 9.17) is 37.7 Å². The number of hydrogen-bond acceptors (Lipinski definition) is 4. The van der Waals surface area contributed by atoms with E-state index in [1.165, 1.54) is 22.4 Å². The molecule has 0 aromatic heterocycles. The molecule has 0 fully saturated rings. The average Bonchev–Trinajstić information content (AvgIpc) is 3.47. The Labute approximate surface area is 270 Å². The van der Waals surface area contributed by atoms with Gasteiger partial charge in [0, 0.05) is 33.4 Å². The molecule has 3 atom stereocenters. The fourth-order valence-electron chi connectivity index (χ4n) is 5.81. The van der Waals surface area contributed by atoms with E-state index in [9.17, 15) is 0 Å². The van der Waals surface area contributed by atoms with Gasteiger partial charge in [-0.25, -0.2) is 0 Å². The van der Waals surface area contributed by atoms with E-state index in [0.29, 0.717) is 46.6 Å². The SMILES string of the molecule is CCOc1cc(C=Nc2ccc([C@@H]3Nc4ccc(C)cc4[C@H]4C=CC[C@H]43)cc2)cc(I)c1OCc1ccc(Cl)cc1Cl. The number of anilines is 1. The van der Waals surface area contributed by atoms with Crippen LogP contribution in [0.2, 0.25) is 10.0 Å². The van der Waals surface area contributed by atoms with Gasteiger partial charge in [0.2, 0.25) is 0 Å². The molecule has 6 rings (SSSR count). The van der Waals surface area contributed by atoms with E-state index in [-0.39, 0.29) is 6.04 Å². The Hall–Kier alpha value is -3.00. The van der Waals surface area contributed by atoms with Crippen molar-refractivity contribution < 1.29 is 9.47 Å². The number of hydrogen-bond donors (Lipinski definition) is 1. The molecule has 1 heterocycles. The molecule has 0 unspecified atom stereocenters. The lowest BCUT2D eigenvalue weighted by Gasteiger charge is -2.37. The van der Waals surface area contributed by atoms with Crippen molar-refractivity contribution in [2.24, 2.45) is 10.9 Å². The zero-order chi connectivity index (χ0) is 29.2. The fraction of sp³-hybridized carbons (Fsp3) is 0.229. The lowest BCUT2D eigenvalue weighted by Crippen LogP contribution is -2.29. The first-order valence-electron chi connectivity index (χ1n) is 14.1. The smallest absolute Gasteiger partial charge is 0.175 e. The summed E-state index contributed by atoms with van der Waals surface area (Å²) >= 11 is 14.7. The first-order chi connectivity index (χ1) is 20.4. The van der Waals surface area contributed by atoms with Gasteiger partial charge < -0.3 is 14.8 Å². The molecular formula is C35H31Cl2IN2O2. The highest BCUT2D eigenvalue weighted by Crippen LogP contribution is 2.50. The summed E-state index contributed by atoms with van der Waals surface area (Å²) in [5.74, 6) is 2.33. The monoisotopic (exact) mass is 708 g/mol. The van der Waals surface area contributed by atoms with Crippen LogP contribution in [0.5, 0.6) is 11.5 Å². The second-order valence-electron chi connectivity index (χ2n) is 10.7. The third-order valence-electron chi connectivity index (χ3n) is 7.85.